The van der Waals surface area contributed by atoms with Crippen LogP contribution in [-0.4, -0.2) is 13.2 Å². The van der Waals surface area contributed by atoms with Crippen molar-refractivity contribution in [3.05, 3.63) is 27.7 Å². The molecule has 0 saturated heterocycles. The number of aryl methyl sites for hydroxylation is 1. The molecule has 3 heteroatoms. The third kappa shape index (κ3) is 1.76. The summed E-state index contributed by atoms with van der Waals surface area (Å²) in [6.45, 7) is 4.23. The smallest absolute Gasteiger partial charge is 0.133 e. The van der Waals surface area contributed by atoms with Crippen LogP contribution in [0.25, 0.3) is 0 Å². The SMILES string of the molecule is COc1cc(C)c(C2(C(C)N)CC2)cc1Br. The molecule has 16 heavy (non-hydrogen) atoms. The normalized spacial score (nSPS) is 19.3. The van der Waals surface area contributed by atoms with Crippen LogP contribution in [0.2, 0.25) is 0 Å². The zero-order valence-corrected chi connectivity index (χ0v) is 11.6. The van der Waals surface area contributed by atoms with Gasteiger partial charge in [-0.1, -0.05) is 0 Å². The molecule has 0 aliphatic heterocycles. The Labute approximate surface area is 105 Å². The highest BCUT2D eigenvalue weighted by Gasteiger charge is 2.48. The van der Waals surface area contributed by atoms with Crippen LogP contribution in [0, 0.1) is 6.92 Å². The summed E-state index contributed by atoms with van der Waals surface area (Å²) in [5.74, 6) is 0.890. The molecule has 1 fully saturated rings. The topological polar surface area (TPSA) is 35.2 Å². The number of methoxy groups -OCH3 is 1. The first-order valence-electron chi connectivity index (χ1n) is 5.61. The van der Waals surface area contributed by atoms with Gasteiger partial charge in [-0.2, -0.15) is 0 Å². The fourth-order valence-corrected chi connectivity index (χ4v) is 2.96. The second kappa shape index (κ2) is 4.04. The van der Waals surface area contributed by atoms with Crippen molar-refractivity contribution in [3.8, 4) is 5.75 Å². The minimum absolute atomic E-state index is 0.207. The summed E-state index contributed by atoms with van der Waals surface area (Å²) in [6.07, 6.45) is 2.40. The lowest BCUT2D eigenvalue weighted by Gasteiger charge is -2.23. The molecule has 1 aromatic carbocycles. The van der Waals surface area contributed by atoms with Gasteiger partial charge in [0.1, 0.15) is 5.75 Å². The van der Waals surface area contributed by atoms with Gasteiger partial charge in [-0.05, 0) is 65.9 Å². The van der Waals surface area contributed by atoms with E-state index in [9.17, 15) is 0 Å². The summed E-state index contributed by atoms with van der Waals surface area (Å²) < 4.78 is 6.31. The van der Waals surface area contributed by atoms with Gasteiger partial charge in [0.15, 0.2) is 0 Å². The summed E-state index contributed by atoms with van der Waals surface area (Å²) in [7, 11) is 1.69. The van der Waals surface area contributed by atoms with Crippen molar-refractivity contribution in [2.75, 3.05) is 7.11 Å². The molecule has 1 aromatic rings. The molecule has 0 bridgehead atoms. The van der Waals surface area contributed by atoms with E-state index in [2.05, 4.69) is 41.9 Å². The first-order valence-corrected chi connectivity index (χ1v) is 6.41. The fraction of sp³-hybridized carbons (Fsp3) is 0.538. The van der Waals surface area contributed by atoms with Crippen molar-refractivity contribution >= 4 is 15.9 Å². The van der Waals surface area contributed by atoms with Gasteiger partial charge in [-0.3, -0.25) is 0 Å². The molecular formula is C13H18BrNO. The fourth-order valence-electron chi connectivity index (χ4n) is 2.45. The van der Waals surface area contributed by atoms with Crippen LogP contribution in [0.4, 0.5) is 0 Å². The molecule has 2 nitrogen and oxygen atoms in total. The Morgan fingerprint density at radius 3 is 2.50 bits per heavy atom. The maximum absolute atomic E-state index is 6.11. The van der Waals surface area contributed by atoms with E-state index in [1.807, 2.05) is 0 Å². The molecule has 2 N–H and O–H groups in total. The monoisotopic (exact) mass is 283 g/mol. The lowest BCUT2D eigenvalue weighted by Crippen LogP contribution is -2.32. The molecular weight excluding hydrogens is 266 g/mol. The van der Waals surface area contributed by atoms with Gasteiger partial charge in [0.25, 0.3) is 0 Å². The second-order valence-electron chi connectivity index (χ2n) is 4.75. The Balaban J connectivity index is 2.47. The van der Waals surface area contributed by atoms with Gasteiger partial charge in [-0.25, -0.2) is 0 Å². The van der Waals surface area contributed by atoms with Crippen molar-refractivity contribution < 1.29 is 4.74 Å². The number of ether oxygens (including phenoxy) is 1. The molecule has 1 unspecified atom stereocenters. The highest BCUT2D eigenvalue weighted by atomic mass is 79.9. The lowest BCUT2D eigenvalue weighted by atomic mass is 9.86. The zero-order valence-electron chi connectivity index (χ0n) is 10.0. The summed E-state index contributed by atoms with van der Waals surface area (Å²) in [6, 6.07) is 4.47. The van der Waals surface area contributed by atoms with E-state index >= 15 is 0 Å². The first kappa shape index (κ1) is 11.9. The van der Waals surface area contributed by atoms with E-state index in [0.717, 1.165) is 10.2 Å². The predicted molar refractivity (Wildman–Crippen MR) is 70.0 cm³/mol. The van der Waals surface area contributed by atoms with E-state index in [-0.39, 0.29) is 11.5 Å². The largest absolute Gasteiger partial charge is 0.496 e. The standard InChI is InChI=1S/C13H18BrNO/c1-8-6-12(16-3)11(14)7-10(8)13(4-5-13)9(2)15/h6-7,9H,4-5,15H2,1-3H3. The molecule has 88 valence electrons. The van der Waals surface area contributed by atoms with Crippen LogP contribution in [0.15, 0.2) is 16.6 Å². The van der Waals surface area contributed by atoms with Crippen molar-refractivity contribution in [2.45, 2.75) is 38.1 Å². The van der Waals surface area contributed by atoms with Gasteiger partial charge >= 0.3 is 0 Å². The lowest BCUT2D eigenvalue weighted by molar-refractivity contribution is 0.411. The Morgan fingerprint density at radius 2 is 2.06 bits per heavy atom. The molecule has 1 aliphatic rings. The number of benzene rings is 1. The second-order valence-corrected chi connectivity index (χ2v) is 5.60. The van der Waals surface area contributed by atoms with Crippen LogP contribution in [-0.2, 0) is 5.41 Å². The van der Waals surface area contributed by atoms with Crippen LogP contribution in [0.5, 0.6) is 5.75 Å². The Kier molecular flexibility index (Phi) is 3.01. The third-order valence-electron chi connectivity index (χ3n) is 3.70. The molecule has 0 heterocycles. The first-order chi connectivity index (χ1) is 7.51. The van der Waals surface area contributed by atoms with E-state index in [0.29, 0.717) is 0 Å². The maximum atomic E-state index is 6.11. The van der Waals surface area contributed by atoms with Crippen molar-refractivity contribution in [2.24, 2.45) is 5.73 Å². The molecule has 0 amide bonds. The Bertz CT molecular complexity index is 411. The van der Waals surface area contributed by atoms with E-state index < -0.39 is 0 Å². The highest BCUT2D eigenvalue weighted by molar-refractivity contribution is 9.10. The average Bonchev–Trinajstić information content (AvgIpc) is 3.01. The molecule has 0 radical (unpaired) electrons. The van der Waals surface area contributed by atoms with E-state index in [1.54, 1.807) is 7.11 Å². The molecule has 1 aliphatic carbocycles. The summed E-state index contributed by atoms with van der Waals surface area (Å²) >= 11 is 3.55. The quantitative estimate of drug-likeness (QED) is 0.925. The van der Waals surface area contributed by atoms with Crippen LogP contribution in [0.1, 0.15) is 30.9 Å². The average molecular weight is 284 g/mol. The summed E-state index contributed by atoms with van der Waals surface area (Å²) in [5.41, 5.74) is 8.96. The number of hydrogen-bond donors (Lipinski definition) is 1. The molecule has 0 aromatic heterocycles. The Hall–Kier alpha value is -0.540. The van der Waals surface area contributed by atoms with Crippen molar-refractivity contribution in [1.29, 1.82) is 0 Å². The van der Waals surface area contributed by atoms with Gasteiger partial charge in [0.2, 0.25) is 0 Å². The molecule has 2 rings (SSSR count). The van der Waals surface area contributed by atoms with Crippen molar-refractivity contribution in [3.63, 3.8) is 0 Å². The van der Waals surface area contributed by atoms with E-state index in [1.165, 1.54) is 24.0 Å². The third-order valence-corrected chi connectivity index (χ3v) is 4.32. The van der Waals surface area contributed by atoms with Crippen LogP contribution >= 0.6 is 15.9 Å². The number of rotatable bonds is 3. The molecule has 0 spiro atoms. The van der Waals surface area contributed by atoms with Gasteiger partial charge in [0.05, 0.1) is 11.6 Å². The zero-order chi connectivity index (χ0) is 11.9. The van der Waals surface area contributed by atoms with Gasteiger partial charge in [0, 0.05) is 11.5 Å². The van der Waals surface area contributed by atoms with E-state index in [4.69, 9.17) is 10.5 Å². The maximum Gasteiger partial charge on any atom is 0.133 e. The van der Waals surface area contributed by atoms with Gasteiger partial charge in [-0.15, -0.1) is 0 Å². The molecule has 1 atom stereocenters. The minimum atomic E-state index is 0.207. The summed E-state index contributed by atoms with van der Waals surface area (Å²) in [5, 5.41) is 0. The number of hydrogen-bond acceptors (Lipinski definition) is 2. The number of nitrogens with two attached hydrogens (primary N) is 1. The highest BCUT2D eigenvalue weighted by Crippen LogP contribution is 2.52. The predicted octanol–water partition coefficient (Wildman–Crippen LogP) is 3.14. The molecule has 1 saturated carbocycles. The van der Waals surface area contributed by atoms with Crippen LogP contribution in [0.3, 0.4) is 0 Å². The Morgan fingerprint density at radius 1 is 1.44 bits per heavy atom. The minimum Gasteiger partial charge on any atom is -0.496 e. The van der Waals surface area contributed by atoms with Gasteiger partial charge < -0.3 is 10.5 Å². The number of halogens is 1. The van der Waals surface area contributed by atoms with Crippen molar-refractivity contribution in [1.82, 2.24) is 0 Å². The van der Waals surface area contributed by atoms with Crippen LogP contribution < -0.4 is 10.5 Å². The summed E-state index contributed by atoms with van der Waals surface area (Å²) in [4.78, 5) is 0.